The van der Waals surface area contributed by atoms with Gasteiger partial charge in [0.1, 0.15) is 0 Å². The summed E-state index contributed by atoms with van der Waals surface area (Å²) in [6.07, 6.45) is -0.0356. The van der Waals surface area contributed by atoms with Gasteiger partial charge < -0.3 is 10.2 Å². The number of rotatable bonds is 10. The highest BCUT2D eigenvalue weighted by molar-refractivity contribution is 7.92. The predicted octanol–water partition coefficient (Wildman–Crippen LogP) is 3.39. The first-order valence-electron chi connectivity index (χ1n) is 9.05. The summed E-state index contributed by atoms with van der Waals surface area (Å²) in [6, 6.07) is 16.1. The van der Waals surface area contributed by atoms with Crippen molar-refractivity contribution in [2.45, 2.75) is 55.3 Å². The summed E-state index contributed by atoms with van der Waals surface area (Å²) in [6.45, 7) is 1.88. The van der Waals surface area contributed by atoms with Crippen molar-refractivity contribution in [2.75, 3.05) is 0 Å². The van der Waals surface area contributed by atoms with E-state index in [1.807, 2.05) is 37.3 Å². The molecule has 5 nitrogen and oxygen atoms in total. The summed E-state index contributed by atoms with van der Waals surface area (Å²) in [5.41, 5.74) is 1.95. The summed E-state index contributed by atoms with van der Waals surface area (Å²) in [4.78, 5) is 10.9. The molecule has 0 bridgehead atoms. The van der Waals surface area contributed by atoms with Gasteiger partial charge in [-0.05, 0) is 50.3 Å². The average Bonchev–Trinajstić information content (AvgIpc) is 2.62. The third-order valence-electron chi connectivity index (χ3n) is 4.63. The number of benzene rings is 2. The smallest absolute Gasteiger partial charge is 0.303 e. The van der Waals surface area contributed by atoms with Crippen LogP contribution >= 0.6 is 0 Å². The zero-order valence-electron chi connectivity index (χ0n) is 15.4. The second-order valence-electron chi connectivity index (χ2n) is 6.77. The first-order chi connectivity index (χ1) is 12.8. The standard InChI is InChI=1S/C21H26O5S/c1-16-10-13-18(14-11-16)27(25,26)20(19(22)8-5-9-21(23)24)15-12-17-6-3-2-4-7-17/h2-4,6-7,10-11,13-14,19-20,22H,5,8-9,12,15H2,1H3,(H,23,24). The molecule has 0 amide bonds. The Morgan fingerprint density at radius 1 is 1.00 bits per heavy atom. The van der Waals surface area contributed by atoms with Gasteiger partial charge in [-0.1, -0.05) is 48.0 Å². The molecule has 0 saturated heterocycles. The maximum atomic E-state index is 13.1. The van der Waals surface area contributed by atoms with E-state index in [9.17, 15) is 18.3 Å². The lowest BCUT2D eigenvalue weighted by atomic mass is 10.0. The first-order valence-corrected chi connectivity index (χ1v) is 10.6. The highest BCUT2D eigenvalue weighted by atomic mass is 32.2. The van der Waals surface area contributed by atoms with Crippen LogP contribution in [0.3, 0.4) is 0 Å². The molecule has 2 unspecified atom stereocenters. The van der Waals surface area contributed by atoms with Gasteiger partial charge in [0.25, 0.3) is 0 Å². The molecule has 0 aromatic heterocycles. The number of carboxylic acid groups (broad SMARTS) is 1. The molecule has 0 saturated carbocycles. The minimum atomic E-state index is -3.74. The van der Waals surface area contributed by atoms with Gasteiger partial charge in [0, 0.05) is 6.42 Å². The van der Waals surface area contributed by atoms with Crippen LogP contribution in [0.5, 0.6) is 0 Å². The third-order valence-corrected chi connectivity index (χ3v) is 6.90. The SMILES string of the molecule is Cc1ccc(S(=O)(=O)C(CCc2ccccc2)C(O)CCCC(=O)O)cc1. The van der Waals surface area contributed by atoms with Crippen molar-refractivity contribution in [1.82, 2.24) is 0 Å². The van der Waals surface area contributed by atoms with E-state index in [0.717, 1.165) is 11.1 Å². The number of aliphatic carboxylic acids is 1. The van der Waals surface area contributed by atoms with Gasteiger partial charge in [0.2, 0.25) is 0 Å². The lowest BCUT2D eigenvalue weighted by Crippen LogP contribution is -2.35. The third kappa shape index (κ3) is 6.19. The number of carboxylic acids is 1. The van der Waals surface area contributed by atoms with Crippen LogP contribution < -0.4 is 0 Å². The predicted molar refractivity (Wildman–Crippen MR) is 104 cm³/mol. The van der Waals surface area contributed by atoms with E-state index in [4.69, 9.17) is 5.11 Å². The molecule has 146 valence electrons. The van der Waals surface area contributed by atoms with Crippen molar-refractivity contribution >= 4 is 15.8 Å². The van der Waals surface area contributed by atoms with Crippen molar-refractivity contribution in [3.05, 3.63) is 65.7 Å². The lowest BCUT2D eigenvalue weighted by molar-refractivity contribution is -0.137. The first kappa shape index (κ1) is 21.1. The second-order valence-corrected chi connectivity index (χ2v) is 8.94. The Morgan fingerprint density at radius 3 is 2.22 bits per heavy atom. The molecule has 6 heteroatoms. The van der Waals surface area contributed by atoms with Gasteiger partial charge in [-0.2, -0.15) is 0 Å². The van der Waals surface area contributed by atoms with Crippen LogP contribution in [-0.4, -0.2) is 36.0 Å². The van der Waals surface area contributed by atoms with Gasteiger partial charge in [-0.3, -0.25) is 4.79 Å². The van der Waals surface area contributed by atoms with Crippen molar-refractivity contribution in [2.24, 2.45) is 0 Å². The molecule has 0 heterocycles. The number of hydrogen-bond acceptors (Lipinski definition) is 4. The Hall–Kier alpha value is -2.18. The Bertz CT molecular complexity index is 829. The van der Waals surface area contributed by atoms with Gasteiger partial charge >= 0.3 is 5.97 Å². The maximum Gasteiger partial charge on any atom is 0.303 e. The van der Waals surface area contributed by atoms with E-state index >= 15 is 0 Å². The molecule has 0 radical (unpaired) electrons. The van der Waals surface area contributed by atoms with Gasteiger partial charge in [-0.25, -0.2) is 8.42 Å². The molecule has 0 aliphatic carbocycles. The van der Waals surface area contributed by atoms with Crippen molar-refractivity contribution in [3.63, 3.8) is 0 Å². The quantitative estimate of drug-likeness (QED) is 0.649. The summed E-state index contributed by atoms with van der Waals surface area (Å²) in [7, 11) is -3.74. The molecule has 2 aromatic carbocycles. The van der Waals surface area contributed by atoms with Crippen molar-refractivity contribution < 1.29 is 23.4 Å². The molecule has 2 N–H and O–H groups in total. The number of aliphatic hydroxyl groups is 1. The zero-order chi connectivity index (χ0) is 19.9. The Morgan fingerprint density at radius 2 is 1.63 bits per heavy atom. The van der Waals surface area contributed by atoms with Gasteiger partial charge in [0.05, 0.1) is 16.2 Å². The molecular formula is C21H26O5S. The maximum absolute atomic E-state index is 13.1. The molecule has 0 fully saturated rings. The van der Waals surface area contributed by atoms with Gasteiger partial charge in [-0.15, -0.1) is 0 Å². The molecule has 2 atom stereocenters. The monoisotopic (exact) mass is 390 g/mol. The van der Waals surface area contributed by atoms with E-state index in [1.54, 1.807) is 24.3 Å². The second kappa shape index (κ2) is 9.67. The Kier molecular flexibility index (Phi) is 7.56. The van der Waals surface area contributed by atoms with Crippen molar-refractivity contribution in [1.29, 1.82) is 0 Å². The summed E-state index contributed by atoms with van der Waals surface area (Å²) >= 11 is 0. The molecule has 2 rings (SSSR count). The summed E-state index contributed by atoms with van der Waals surface area (Å²) < 4.78 is 26.3. The summed E-state index contributed by atoms with van der Waals surface area (Å²) in [5.74, 6) is -0.954. The van der Waals surface area contributed by atoms with Crippen LogP contribution in [0.15, 0.2) is 59.5 Å². The van der Waals surface area contributed by atoms with Gasteiger partial charge in [0.15, 0.2) is 9.84 Å². The number of hydrogen-bond donors (Lipinski definition) is 2. The van der Waals surface area contributed by atoms with Crippen LogP contribution in [0, 0.1) is 6.92 Å². The Balaban J connectivity index is 2.21. The minimum absolute atomic E-state index is 0.0902. The fourth-order valence-electron chi connectivity index (χ4n) is 3.06. The van der Waals surface area contributed by atoms with Crippen LogP contribution in [0.25, 0.3) is 0 Å². The Labute approximate surface area is 160 Å². The van der Waals surface area contributed by atoms with E-state index in [-0.39, 0.29) is 30.6 Å². The van der Waals surface area contributed by atoms with Crippen LogP contribution in [-0.2, 0) is 21.1 Å². The minimum Gasteiger partial charge on any atom is -0.481 e. The molecule has 27 heavy (non-hydrogen) atoms. The number of carbonyl (C=O) groups is 1. The zero-order valence-corrected chi connectivity index (χ0v) is 16.2. The highest BCUT2D eigenvalue weighted by Gasteiger charge is 2.33. The molecule has 0 aliphatic rings. The molecule has 2 aromatic rings. The number of aryl methyl sites for hydroxylation is 2. The van der Waals surface area contributed by atoms with E-state index < -0.39 is 27.2 Å². The molecule has 0 aliphatic heterocycles. The highest BCUT2D eigenvalue weighted by Crippen LogP contribution is 2.25. The van der Waals surface area contributed by atoms with E-state index in [1.165, 1.54) is 0 Å². The number of sulfone groups is 1. The largest absolute Gasteiger partial charge is 0.481 e. The number of aliphatic hydroxyl groups excluding tert-OH is 1. The lowest BCUT2D eigenvalue weighted by Gasteiger charge is -2.23. The normalized spacial score (nSPS) is 13.9. The summed E-state index contributed by atoms with van der Waals surface area (Å²) in [5, 5.41) is 18.4. The van der Waals surface area contributed by atoms with Crippen LogP contribution in [0.4, 0.5) is 0 Å². The average molecular weight is 391 g/mol. The van der Waals surface area contributed by atoms with Crippen LogP contribution in [0.2, 0.25) is 0 Å². The van der Waals surface area contributed by atoms with E-state index in [0.29, 0.717) is 6.42 Å². The van der Waals surface area contributed by atoms with Crippen molar-refractivity contribution in [3.8, 4) is 0 Å². The fraction of sp³-hybridized carbons (Fsp3) is 0.381. The van der Waals surface area contributed by atoms with Crippen LogP contribution in [0.1, 0.15) is 36.8 Å². The topological polar surface area (TPSA) is 91.7 Å². The fourth-order valence-corrected chi connectivity index (χ4v) is 4.90. The van der Waals surface area contributed by atoms with E-state index in [2.05, 4.69) is 0 Å². The molecule has 0 spiro atoms. The molecular weight excluding hydrogens is 364 g/mol.